The van der Waals surface area contributed by atoms with Gasteiger partial charge in [-0.25, -0.2) is 36.3 Å². The number of amides is 2. The number of piperidine rings is 1. The Morgan fingerprint density at radius 3 is 1.64 bits per heavy atom. The van der Waals surface area contributed by atoms with E-state index in [0.29, 0.717) is 38.0 Å². The zero-order valence-electron chi connectivity index (χ0n) is 27.3. The highest BCUT2D eigenvalue weighted by Crippen LogP contribution is 2.21. The molecule has 0 atom stereocenters. The molecule has 248 valence electrons. The molecule has 1 aromatic carbocycles. The minimum Gasteiger partial charge on any atom is -0.325 e. The number of carbonyl (C=O) groups is 1. The normalized spacial score (nSPS) is 11.1. The Hall–Kier alpha value is -6.66. The van der Waals surface area contributed by atoms with Crippen LogP contribution in [0.1, 0.15) is 26.2 Å². The average molecular weight is 686 g/mol. The summed E-state index contributed by atoms with van der Waals surface area (Å²) in [4.78, 5) is 22.2. The van der Waals surface area contributed by atoms with Gasteiger partial charge >= 0.3 is 6.03 Å². The van der Waals surface area contributed by atoms with E-state index in [2.05, 4.69) is 126 Å². The number of hydrogen-bond donors (Lipinski definition) is 1. The second kappa shape index (κ2) is 22.0. The van der Waals surface area contributed by atoms with Gasteiger partial charge in [-0.3, -0.25) is 0 Å². The van der Waals surface area contributed by atoms with Gasteiger partial charge in [0.15, 0.2) is 5.82 Å². The maximum Gasteiger partial charge on any atom is 0.321 e. The summed E-state index contributed by atoms with van der Waals surface area (Å²) in [7, 11) is -1.58. The third-order valence-electron chi connectivity index (χ3n) is 6.22. The first-order valence-electron chi connectivity index (χ1n) is 14.7. The second-order valence-electron chi connectivity index (χ2n) is 9.67. The third kappa shape index (κ3) is 14.8. The van der Waals surface area contributed by atoms with E-state index in [-0.39, 0.29) is 29.2 Å². The summed E-state index contributed by atoms with van der Waals surface area (Å²) >= 11 is 0. The van der Waals surface area contributed by atoms with Crippen LogP contribution in [0.15, 0.2) is 141 Å². The zero-order chi connectivity index (χ0) is 36.6. The summed E-state index contributed by atoms with van der Waals surface area (Å²) in [5, 5.41) is 2.68. The molecule has 1 aliphatic rings. The molecule has 1 fully saturated rings. The van der Waals surface area contributed by atoms with Crippen molar-refractivity contribution in [1.29, 1.82) is 0 Å². The predicted molar refractivity (Wildman–Crippen MR) is 184 cm³/mol. The first-order valence-corrected chi connectivity index (χ1v) is 16.3. The molecule has 2 aromatic rings. The highest BCUT2D eigenvalue weighted by atomic mass is 32.2. The molecular weight excluding hydrogens is 657 g/mol. The maximum atomic E-state index is 13.4. The highest BCUT2D eigenvalue weighted by Gasteiger charge is 2.30. The molecule has 3 rings (SSSR count). The van der Waals surface area contributed by atoms with Crippen LogP contribution in [0.2, 0.25) is 0 Å². The van der Waals surface area contributed by atoms with E-state index in [1.165, 1.54) is 16.7 Å². The summed E-state index contributed by atoms with van der Waals surface area (Å²) < 4.78 is 52.6. The van der Waals surface area contributed by atoms with Crippen LogP contribution >= 0.6 is 0 Å². The molecule has 0 aliphatic carbocycles. The van der Waals surface area contributed by atoms with Crippen LogP contribution in [0.4, 0.5) is 19.3 Å². The topological polar surface area (TPSA) is 95.5 Å². The SMILES string of the molecule is C=C=C=C=C=C=C=C=C=C=C=C=C=C=C=C=C=C=C.CCCS(=O)(=O)N1CCC(N(C)C(=O)Nc2cnc(-c3cc(F)cc(F)c3)nc2)CC1. The van der Waals surface area contributed by atoms with Crippen molar-refractivity contribution in [3.05, 3.63) is 153 Å². The van der Waals surface area contributed by atoms with E-state index < -0.39 is 21.7 Å². The lowest BCUT2D eigenvalue weighted by Gasteiger charge is -2.36. The molecule has 1 saturated heterocycles. The van der Waals surface area contributed by atoms with Crippen LogP contribution in [0.25, 0.3) is 11.4 Å². The number of sulfonamides is 1. The van der Waals surface area contributed by atoms with Crippen molar-refractivity contribution in [2.75, 3.05) is 31.2 Å². The molecule has 0 spiro atoms. The van der Waals surface area contributed by atoms with Gasteiger partial charge in [-0.05, 0) is 131 Å². The van der Waals surface area contributed by atoms with E-state index in [0.717, 1.165) is 18.2 Å². The smallest absolute Gasteiger partial charge is 0.321 e. The number of rotatable bonds is 6. The Labute approximate surface area is 289 Å². The number of benzene rings is 1. The molecule has 0 saturated carbocycles. The monoisotopic (exact) mass is 685 g/mol. The standard InChI is InChI=1S/C20H25F2N5O3S.C19H4/c1-3-8-31(29,30)27-6-4-18(5-7-27)26(2)20(28)25-17-12-23-19(24-13-17)14-9-15(21)11-16(22)10-14;1-3-5-7-9-11-13-15-17-19-18-16-14-12-10-8-6-4-2/h9-13,18H,3-8H2,1-2H3,(H,25,28);1-2H2. The number of anilines is 1. The van der Waals surface area contributed by atoms with Crippen molar-refractivity contribution < 1.29 is 22.0 Å². The summed E-state index contributed by atoms with van der Waals surface area (Å²) in [5.41, 5.74) is 42.4. The predicted octanol–water partition coefficient (Wildman–Crippen LogP) is 6.53. The van der Waals surface area contributed by atoms with E-state index in [4.69, 9.17) is 0 Å². The Kier molecular flexibility index (Phi) is 17.4. The number of nitrogens with zero attached hydrogens (tertiary/aromatic N) is 4. The molecule has 0 bridgehead atoms. The molecule has 0 unspecified atom stereocenters. The second-order valence-corrected chi connectivity index (χ2v) is 11.8. The largest absolute Gasteiger partial charge is 0.325 e. The number of nitrogens with one attached hydrogen (secondary N) is 1. The molecule has 1 N–H and O–H groups in total. The van der Waals surface area contributed by atoms with Crippen molar-refractivity contribution in [3.63, 3.8) is 0 Å². The Morgan fingerprint density at radius 2 is 1.24 bits per heavy atom. The molecule has 2 heterocycles. The molecule has 1 aromatic heterocycles. The Bertz CT molecular complexity index is 2240. The van der Waals surface area contributed by atoms with Gasteiger partial charge in [-0.15, -0.1) is 0 Å². The highest BCUT2D eigenvalue weighted by molar-refractivity contribution is 7.89. The van der Waals surface area contributed by atoms with Gasteiger partial charge in [0.2, 0.25) is 10.0 Å². The molecule has 8 nitrogen and oxygen atoms in total. The molecule has 2 amide bonds. The zero-order valence-corrected chi connectivity index (χ0v) is 28.1. The van der Waals surface area contributed by atoms with Gasteiger partial charge in [0.25, 0.3) is 0 Å². The first kappa shape index (κ1) is 39.5. The van der Waals surface area contributed by atoms with Gasteiger partial charge in [0.1, 0.15) is 11.6 Å². The van der Waals surface area contributed by atoms with Crippen LogP contribution in [-0.2, 0) is 10.0 Å². The quantitative estimate of drug-likeness (QED) is 0.349. The summed E-state index contributed by atoms with van der Waals surface area (Å²) in [5.74, 6) is -1.20. The first-order chi connectivity index (χ1) is 24.1. The minimum atomic E-state index is -3.23. The van der Waals surface area contributed by atoms with Gasteiger partial charge in [0, 0.05) is 37.8 Å². The number of halogens is 2. The fraction of sp³-hybridized carbons (Fsp3) is 0.231. The van der Waals surface area contributed by atoms with Crippen molar-refractivity contribution >= 4 is 21.7 Å². The number of aromatic nitrogens is 2. The summed E-state index contributed by atoms with van der Waals surface area (Å²) in [6.07, 6.45) is 4.38. The van der Waals surface area contributed by atoms with Crippen LogP contribution < -0.4 is 5.32 Å². The molecule has 11 heteroatoms. The summed E-state index contributed by atoms with van der Waals surface area (Å²) in [6.45, 7) is 9.18. The minimum absolute atomic E-state index is 0.0939. The van der Waals surface area contributed by atoms with Gasteiger partial charge in [0.05, 0.1) is 23.8 Å². The van der Waals surface area contributed by atoms with Crippen molar-refractivity contribution in [3.8, 4) is 11.4 Å². The van der Waals surface area contributed by atoms with Crippen molar-refractivity contribution in [2.24, 2.45) is 0 Å². The van der Waals surface area contributed by atoms with E-state index in [1.54, 1.807) is 11.9 Å². The third-order valence-corrected chi connectivity index (χ3v) is 8.30. The van der Waals surface area contributed by atoms with Gasteiger partial charge in [-0.2, -0.15) is 0 Å². The molecular formula is C39H29F2N5O3S. The lowest BCUT2D eigenvalue weighted by Crippen LogP contribution is -2.48. The van der Waals surface area contributed by atoms with E-state index in [9.17, 15) is 22.0 Å². The molecule has 50 heavy (non-hydrogen) atoms. The van der Waals surface area contributed by atoms with Gasteiger partial charge < -0.3 is 10.2 Å². The number of urea groups is 1. The fourth-order valence-electron chi connectivity index (χ4n) is 3.99. The molecule has 1 aliphatic heterocycles. The van der Waals surface area contributed by atoms with Crippen LogP contribution in [0.3, 0.4) is 0 Å². The lowest BCUT2D eigenvalue weighted by atomic mass is 10.1. The van der Waals surface area contributed by atoms with Crippen LogP contribution in [-0.4, -0.2) is 65.6 Å². The van der Waals surface area contributed by atoms with Crippen molar-refractivity contribution in [2.45, 2.75) is 32.2 Å². The summed E-state index contributed by atoms with van der Waals surface area (Å²) in [6, 6.07) is 2.54. The van der Waals surface area contributed by atoms with E-state index in [1.807, 2.05) is 6.92 Å². The molecule has 0 radical (unpaired) electrons. The van der Waals surface area contributed by atoms with Gasteiger partial charge in [-0.1, -0.05) is 18.4 Å². The number of carbonyl (C=O) groups excluding carboxylic acids is 1. The van der Waals surface area contributed by atoms with Crippen LogP contribution in [0.5, 0.6) is 0 Å². The van der Waals surface area contributed by atoms with E-state index >= 15 is 0 Å². The van der Waals surface area contributed by atoms with Crippen molar-refractivity contribution in [1.82, 2.24) is 19.2 Å². The average Bonchev–Trinajstić information content (AvgIpc) is 3.10. The Balaban J connectivity index is 0.000000394. The van der Waals surface area contributed by atoms with Crippen LogP contribution in [0, 0.1) is 11.6 Å². The lowest BCUT2D eigenvalue weighted by molar-refractivity contribution is 0.174. The number of hydrogen-bond acceptors (Lipinski definition) is 5. The Morgan fingerprint density at radius 1 is 0.820 bits per heavy atom. The maximum absolute atomic E-state index is 13.4. The fourth-order valence-corrected chi connectivity index (χ4v) is 5.53.